The van der Waals surface area contributed by atoms with E-state index < -0.39 is 26.9 Å². The van der Waals surface area contributed by atoms with Crippen molar-refractivity contribution in [1.82, 2.24) is 9.71 Å². The molecule has 9 heteroatoms. The number of hydrogen-bond donors (Lipinski definition) is 1. The molecule has 0 saturated heterocycles. The van der Waals surface area contributed by atoms with Gasteiger partial charge in [-0.05, 0) is 25.2 Å². The van der Waals surface area contributed by atoms with Gasteiger partial charge < -0.3 is 4.42 Å². The number of aromatic nitrogens is 1. The number of hydrogen-bond acceptors (Lipinski definition) is 4. The van der Waals surface area contributed by atoms with Crippen LogP contribution >= 0.6 is 0 Å². The van der Waals surface area contributed by atoms with Gasteiger partial charge in [0.2, 0.25) is 5.09 Å². The fourth-order valence-electron chi connectivity index (χ4n) is 1.51. The summed E-state index contributed by atoms with van der Waals surface area (Å²) in [5.74, 6) is 0. The Balaban J connectivity index is 2.47. The van der Waals surface area contributed by atoms with E-state index in [0.29, 0.717) is 6.20 Å². The van der Waals surface area contributed by atoms with Crippen LogP contribution in [0.3, 0.4) is 0 Å². The molecule has 2 aromatic rings. The molecule has 0 fully saturated rings. The van der Waals surface area contributed by atoms with E-state index in [1.165, 1.54) is 13.1 Å². The Labute approximate surface area is 112 Å². The van der Waals surface area contributed by atoms with Gasteiger partial charge in [-0.1, -0.05) is 0 Å². The van der Waals surface area contributed by atoms with E-state index in [1.807, 2.05) is 0 Å². The first kappa shape index (κ1) is 14.5. The van der Waals surface area contributed by atoms with Crippen LogP contribution in [-0.2, 0) is 16.2 Å². The molecule has 0 unspecified atom stereocenters. The summed E-state index contributed by atoms with van der Waals surface area (Å²) in [6.07, 6.45) is -2.74. The van der Waals surface area contributed by atoms with E-state index >= 15 is 0 Å². The minimum absolute atomic E-state index is 0.0700. The van der Waals surface area contributed by atoms with Crippen LogP contribution < -0.4 is 4.72 Å². The van der Waals surface area contributed by atoms with Crippen LogP contribution in [0.1, 0.15) is 5.56 Å². The molecule has 108 valence electrons. The Morgan fingerprint density at radius 1 is 1.25 bits per heavy atom. The highest BCUT2D eigenvalue weighted by Gasteiger charge is 2.31. The summed E-state index contributed by atoms with van der Waals surface area (Å²) >= 11 is 0. The Kier molecular flexibility index (Phi) is 3.57. The average molecular weight is 306 g/mol. The predicted octanol–water partition coefficient (Wildman–Crippen LogP) is 2.27. The molecule has 0 aromatic carbocycles. The lowest BCUT2D eigenvalue weighted by Gasteiger charge is -2.07. The van der Waals surface area contributed by atoms with E-state index in [4.69, 9.17) is 4.42 Å². The van der Waals surface area contributed by atoms with Gasteiger partial charge in [-0.15, -0.1) is 0 Å². The maximum atomic E-state index is 12.4. The molecular weight excluding hydrogens is 297 g/mol. The summed E-state index contributed by atoms with van der Waals surface area (Å²) in [6.45, 7) is 0. The van der Waals surface area contributed by atoms with Crippen LogP contribution in [-0.4, -0.2) is 20.4 Å². The molecule has 0 aliphatic carbocycles. The number of nitrogens with one attached hydrogen (secondary N) is 1. The number of furan rings is 1. The fraction of sp³-hybridized carbons (Fsp3) is 0.182. The second-order valence-electron chi connectivity index (χ2n) is 3.76. The minimum atomic E-state index is -4.50. The summed E-state index contributed by atoms with van der Waals surface area (Å²) in [6, 6.07) is 3.23. The largest absolute Gasteiger partial charge is 0.451 e. The van der Waals surface area contributed by atoms with Crippen LogP contribution in [0, 0.1) is 0 Å². The van der Waals surface area contributed by atoms with Crippen molar-refractivity contribution in [3.8, 4) is 11.3 Å². The van der Waals surface area contributed by atoms with Gasteiger partial charge in [0.1, 0.15) is 0 Å². The van der Waals surface area contributed by atoms with Crippen molar-refractivity contribution in [2.75, 3.05) is 7.05 Å². The first-order valence-electron chi connectivity index (χ1n) is 5.30. The third-order valence-electron chi connectivity index (χ3n) is 2.51. The molecule has 0 spiro atoms. The van der Waals surface area contributed by atoms with Crippen molar-refractivity contribution >= 4 is 10.0 Å². The zero-order chi connectivity index (χ0) is 15.0. The summed E-state index contributed by atoms with van der Waals surface area (Å²) in [4.78, 5) is 3.62. The highest BCUT2D eigenvalue weighted by atomic mass is 32.2. The molecule has 2 rings (SSSR count). The number of nitrogens with zero attached hydrogens (tertiary/aromatic N) is 1. The van der Waals surface area contributed by atoms with Crippen molar-refractivity contribution in [3.63, 3.8) is 0 Å². The van der Waals surface area contributed by atoms with E-state index in [-0.39, 0.29) is 11.3 Å². The van der Waals surface area contributed by atoms with Gasteiger partial charge in [0.05, 0.1) is 23.1 Å². The van der Waals surface area contributed by atoms with Gasteiger partial charge in [0.25, 0.3) is 10.0 Å². The molecule has 0 atom stereocenters. The maximum absolute atomic E-state index is 12.4. The van der Waals surface area contributed by atoms with Crippen LogP contribution in [0.15, 0.2) is 40.2 Å². The first-order chi connectivity index (χ1) is 9.25. The summed E-state index contributed by atoms with van der Waals surface area (Å²) in [7, 11) is -2.65. The third-order valence-corrected chi connectivity index (χ3v) is 3.85. The van der Waals surface area contributed by atoms with Gasteiger partial charge in [0, 0.05) is 6.20 Å². The molecule has 0 bridgehead atoms. The van der Waals surface area contributed by atoms with E-state index in [1.54, 1.807) is 0 Å². The standard InChI is InChI=1S/C11H9F3N2O3S/c1-15-20(17,18)10-8(4-5-19-10)9-3-2-7(6-16-9)11(12,13)14/h2-6,15H,1H3. The zero-order valence-electron chi connectivity index (χ0n) is 10.1. The molecule has 0 radical (unpaired) electrons. The van der Waals surface area contributed by atoms with Gasteiger partial charge in [0.15, 0.2) is 0 Å². The van der Waals surface area contributed by atoms with Crippen molar-refractivity contribution in [2.24, 2.45) is 0 Å². The van der Waals surface area contributed by atoms with Crippen molar-refractivity contribution in [2.45, 2.75) is 11.3 Å². The molecule has 1 N–H and O–H groups in total. The van der Waals surface area contributed by atoms with Gasteiger partial charge in [-0.25, -0.2) is 13.1 Å². The predicted molar refractivity (Wildman–Crippen MR) is 63.2 cm³/mol. The zero-order valence-corrected chi connectivity index (χ0v) is 10.9. The number of halogens is 3. The lowest BCUT2D eigenvalue weighted by molar-refractivity contribution is -0.137. The van der Waals surface area contributed by atoms with Crippen LogP contribution in [0.25, 0.3) is 11.3 Å². The van der Waals surface area contributed by atoms with Gasteiger partial charge >= 0.3 is 6.18 Å². The average Bonchev–Trinajstić information content (AvgIpc) is 2.88. The second-order valence-corrected chi connectivity index (χ2v) is 5.55. The van der Waals surface area contributed by atoms with Gasteiger partial charge in [-0.2, -0.15) is 13.2 Å². The summed E-state index contributed by atoms with van der Waals surface area (Å²) in [5, 5.41) is -0.396. The minimum Gasteiger partial charge on any atom is -0.451 e. The highest BCUT2D eigenvalue weighted by Crippen LogP contribution is 2.31. The first-order valence-corrected chi connectivity index (χ1v) is 6.78. The smallest absolute Gasteiger partial charge is 0.417 e. The van der Waals surface area contributed by atoms with Crippen LogP contribution in [0.5, 0.6) is 0 Å². The molecule has 0 saturated carbocycles. The lowest BCUT2D eigenvalue weighted by Crippen LogP contribution is -2.18. The van der Waals surface area contributed by atoms with E-state index in [2.05, 4.69) is 9.71 Å². The Hall–Kier alpha value is -1.87. The van der Waals surface area contributed by atoms with Gasteiger partial charge in [-0.3, -0.25) is 4.98 Å². The second kappa shape index (κ2) is 4.91. The molecule has 20 heavy (non-hydrogen) atoms. The quantitative estimate of drug-likeness (QED) is 0.944. The molecule has 0 aliphatic rings. The maximum Gasteiger partial charge on any atom is 0.417 e. The van der Waals surface area contributed by atoms with Crippen LogP contribution in [0.4, 0.5) is 13.2 Å². The lowest BCUT2D eigenvalue weighted by atomic mass is 10.2. The molecular formula is C11H9F3N2O3S. The van der Waals surface area contributed by atoms with E-state index in [0.717, 1.165) is 18.4 Å². The summed E-state index contributed by atoms with van der Waals surface area (Å²) < 4.78 is 67.5. The molecule has 2 heterocycles. The fourth-order valence-corrected chi connectivity index (χ4v) is 2.34. The third kappa shape index (κ3) is 2.68. The van der Waals surface area contributed by atoms with Crippen molar-refractivity contribution < 1.29 is 26.0 Å². The van der Waals surface area contributed by atoms with Crippen LogP contribution in [0.2, 0.25) is 0 Å². The Bertz CT molecular complexity index is 705. The Morgan fingerprint density at radius 2 is 1.95 bits per heavy atom. The molecule has 2 aromatic heterocycles. The number of rotatable bonds is 3. The molecule has 0 aliphatic heterocycles. The normalized spacial score (nSPS) is 12.6. The molecule has 0 amide bonds. The SMILES string of the molecule is CNS(=O)(=O)c1occc1-c1ccc(C(F)(F)F)cn1. The number of pyridine rings is 1. The van der Waals surface area contributed by atoms with E-state index in [9.17, 15) is 21.6 Å². The monoisotopic (exact) mass is 306 g/mol. The van der Waals surface area contributed by atoms with Crippen molar-refractivity contribution in [3.05, 3.63) is 36.2 Å². The molecule has 5 nitrogen and oxygen atoms in total. The van der Waals surface area contributed by atoms with Crippen molar-refractivity contribution in [1.29, 1.82) is 0 Å². The number of sulfonamides is 1. The number of alkyl halides is 3. The summed E-state index contributed by atoms with van der Waals surface area (Å²) in [5.41, 5.74) is -0.753. The Morgan fingerprint density at radius 3 is 2.45 bits per heavy atom. The highest BCUT2D eigenvalue weighted by molar-refractivity contribution is 7.89. The topological polar surface area (TPSA) is 72.2 Å².